The van der Waals surface area contributed by atoms with Crippen LogP contribution in [0.5, 0.6) is 0 Å². The Kier molecular flexibility index (Phi) is 2.08. The summed E-state index contributed by atoms with van der Waals surface area (Å²) in [6.07, 6.45) is 0.820. The van der Waals surface area contributed by atoms with Gasteiger partial charge in [0.2, 0.25) is 0 Å². The number of nitrogens with one attached hydrogen (secondary N) is 1. The quantitative estimate of drug-likeness (QED) is 0.490. The van der Waals surface area contributed by atoms with E-state index < -0.39 is 11.6 Å². The van der Waals surface area contributed by atoms with Crippen LogP contribution < -0.4 is 5.73 Å². The molecule has 64 valence electrons. The van der Waals surface area contributed by atoms with E-state index in [0.29, 0.717) is 0 Å². The lowest BCUT2D eigenvalue weighted by atomic mass is 10.1. The van der Waals surface area contributed by atoms with Crippen LogP contribution in [-0.2, 0) is 0 Å². The summed E-state index contributed by atoms with van der Waals surface area (Å²) in [6, 6.07) is 1.04. The molecule has 2 nitrogen and oxygen atoms in total. The molecule has 0 saturated carbocycles. The number of hydrogen-bond donors (Lipinski definition) is 2. The zero-order chi connectivity index (χ0) is 9.30. The maximum atomic E-state index is 13.0. The molecule has 0 fully saturated rings. The third-order valence-corrected chi connectivity index (χ3v) is 1.67. The lowest BCUT2D eigenvalue weighted by Gasteiger charge is -2.04. The van der Waals surface area contributed by atoms with E-state index in [1.54, 1.807) is 0 Å². The van der Waals surface area contributed by atoms with E-state index in [9.17, 15) is 8.78 Å². The van der Waals surface area contributed by atoms with Crippen LogP contribution in [0.1, 0.15) is 11.1 Å². The zero-order valence-electron chi connectivity index (χ0n) is 6.49. The van der Waals surface area contributed by atoms with Gasteiger partial charge in [0, 0.05) is 17.3 Å². The molecule has 0 saturated heterocycles. The van der Waals surface area contributed by atoms with Crippen molar-refractivity contribution >= 4 is 11.9 Å². The normalized spacial score (nSPS) is 9.92. The molecule has 12 heavy (non-hydrogen) atoms. The number of nitrogen functional groups attached to an aromatic ring is 1. The van der Waals surface area contributed by atoms with Gasteiger partial charge in [0.1, 0.15) is 5.82 Å². The summed E-state index contributed by atoms with van der Waals surface area (Å²) in [5, 5.41) is 6.81. The average molecular weight is 170 g/mol. The Labute approximate surface area is 68.5 Å². The minimum Gasteiger partial charge on any atom is -0.396 e. The van der Waals surface area contributed by atoms with Crippen LogP contribution in [0.2, 0.25) is 0 Å². The highest BCUT2D eigenvalue weighted by Crippen LogP contribution is 2.20. The first-order valence-electron chi connectivity index (χ1n) is 3.32. The van der Waals surface area contributed by atoms with E-state index in [1.807, 2.05) is 0 Å². The lowest BCUT2D eigenvalue weighted by molar-refractivity contribution is 0.571. The molecule has 0 amide bonds. The average Bonchev–Trinajstić information content (AvgIpc) is 2.08. The predicted molar refractivity (Wildman–Crippen MR) is 43.4 cm³/mol. The van der Waals surface area contributed by atoms with E-state index in [-0.39, 0.29) is 16.8 Å². The highest BCUT2D eigenvalue weighted by molar-refractivity contribution is 5.85. The molecule has 0 spiro atoms. The van der Waals surface area contributed by atoms with E-state index >= 15 is 0 Å². The number of hydrogen-bond acceptors (Lipinski definition) is 2. The van der Waals surface area contributed by atoms with Gasteiger partial charge >= 0.3 is 0 Å². The third kappa shape index (κ3) is 1.15. The fourth-order valence-corrected chi connectivity index (χ4v) is 0.876. The topological polar surface area (TPSA) is 49.9 Å². The van der Waals surface area contributed by atoms with Gasteiger partial charge in [-0.1, -0.05) is 0 Å². The summed E-state index contributed by atoms with van der Waals surface area (Å²) >= 11 is 0. The van der Waals surface area contributed by atoms with Crippen molar-refractivity contribution in [1.82, 2.24) is 0 Å². The minimum absolute atomic E-state index is 0.0654. The van der Waals surface area contributed by atoms with Crippen molar-refractivity contribution < 1.29 is 8.78 Å². The third-order valence-electron chi connectivity index (χ3n) is 1.67. The number of halogens is 2. The van der Waals surface area contributed by atoms with E-state index in [4.69, 9.17) is 11.1 Å². The van der Waals surface area contributed by atoms with Crippen molar-refractivity contribution in [2.45, 2.75) is 6.92 Å². The van der Waals surface area contributed by atoms with Gasteiger partial charge in [0.25, 0.3) is 0 Å². The molecule has 4 heteroatoms. The van der Waals surface area contributed by atoms with Gasteiger partial charge < -0.3 is 11.1 Å². The molecule has 0 aliphatic rings. The number of benzene rings is 1. The number of rotatable bonds is 1. The van der Waals surface area contributed by atoms with E-state index in [1.165, 1.54) is 6.92 Å². The molecule has 0 radical (unpaired) electrons. The van der Waals surface area contributed by atoms with Crippen molar-refractivity contribution in [3.8, 4) is 0 Å². The fourth-order valence-electron chi connectivity index (χ4n) is 0.876. The molecule has 0 heterocycles. The second-order valence-corrected chi connectivity index (χ2v) is 2.44. The molecular formula is C8H8F2N2. The highest BCUT2D eigenvalue weighted by atomic mass is 19.1. The van der Waals surface area contributed by atoms with Crippen molar-refractivity contribution in [2.24, 2.45) is 0 Å². The molecule has 1 rings (SSSR count). The first kappa shape index (κ1) is 8.64. The molecular weight excluding hydrogens is 162 g/mol. The molecule has 1 aromatic carbocycles. The maximum absolute atomic E-state index is 13.0. The van der Waals surface area contributed by atoms with Crippen LogP contribution in [0, 0.1) is 24.0 Å². The van der Waals surface area contributed by atoms with Crippen molar-refractivity contribution in [2.75, 3.05) is 5.73 Å². The van der Waals surface area contributed by atoms with Gasteiger partial charge in [0.05, 0.1) is 5.69 Å². The zero-order valence-corrected chi connectivity index (χ0v) is 6.49. The molecule has 1 aromatic rings. The molecule has 0 aliphatic heterocycles. The van der Waals surface area contributed by atoms with Gasteiger partial charge in [-0.25, -0.2) is 8.78 Å². The van der Waals surface area contributed by atoms with Crippen LogP contribution >= 0.6 is 0 Å². The maximum Gasteiger partial charge on any atom is 0.152 e. The summed E-state index contributed by atoms with van der Waals surface area (Å²) in [7, 11) is 0. The molecule has 0 atom stereocenters. The van der Waals surface area contributed by atoms with Gasteiger partial charge in [-0.3, -0.25) is 0 Å². The van der Waals surface area contributed by atoms with Crippen molar-refractivity contribution in [3.05, 3.63) is 28.8 Å². The monoisotopic (exact) mass is 170 g/mol. The smallest absolute Gasteiger partial charge is 0.152 e. The lowest BCUT2D eigenvalue weighted by Crippen LogP contribution is -2.01. The molecule has 0 aliphatic carbocycles. The van der Waals surface area contributed by atoms with Gasteiger partial charge in [-0.2, -0.15) is 0 Å². The Bertz CT molecular complexity index is 334. The van der Waals surface area contributed by atoms with Crippen LogP contribution in [0.25, 0.3) is 0 Å². The van der Waals surface area contributed by atoms with E-state index in [0.717, 1.165) is 12.3 Å². The molecule has 0 bridgehead atoms. The first-order chi connectivity index (χ1) is 5.57. The highest BCUT2D eigenvalue weighted by Gasteiger charge is 2.11. The molecule has 0 unspecified atom stereocenters. The Hall–Kier alpha value is -1.45. The van der Waals surface area contributed by atoms with Crippen molar-refractivity contribution in [1.29, 1.82) is 5.41 Å². The number of nitrogens with two attached hydrogens (primary N) is 1. The van der Waals surface area contributed by atoms with Gasteiger partial charge in [-0.05, 0) is 13.0 Å². The summed E-state index contributed by atoms with van der Waals surface area (Å²) in [6.45, 7) is 1.30. The Morgan fingerprint density at radius 3 is 2.58 bits per heavy atom. The number of anilines is 1. The van der Waals surface area contributed by atoms with Crippen LogP contribution in [0.4, 0.5) is 14.5 Å². The Morgan fingerprint density at radius 1 is 1.50 bits per heavy atom. The largest absolute Gasteiger partial charge is 0.396 e. The van der Waals surface area contributed by atoms with Gasteiger partial charge in [0.15, 0.2) is 5.82 Å². The predicted octanol–water partition coefficient (Wildman–Crippen LogP) is 1.85. The summed E-state index contributed by atoms with van der Waals surface area (Å²) in [4.78, 5) is 0. The van der Waals surface area contributed by atoms with Crippen molar-refractivity contribution in [3.63, 3.8) is 0 Å². The first-order valence-corrected chi connectivity index (χ1v) is 3.32. The van der Waals surface area contributed by atoms with E-state index in [2.05, 4.69) is 0 Å². The molecule has 0 aromatic heterocycles. The summed E-state index contributed by atoms with van der Waals surface area (Å²) in [5.41, 5.74) is 5.05. The SMILES string of the molecule is Cc1c(F)cc(C=N)c(N)c1F. The second-order valence-electron chi connectivity index (χ2n) is 2.44. The summed E-state index contributed by atoms with van der Waals surface area (Å²) < 4.78 is 25.8. The Morgan fingerprint density at radius 2 is 2.08 bits per heavy atom. The minimum atomic E-state index is -0.784. The summed E-state index contributed by atoms with van der Waals surface area (Å²) in [5.74, 6) is -1.46. The fraction of sp³-hybridized carbons (Fsp3) is 0.125. The van der Waals surface area contributed by atoms with Gasteiger partial charge in [-0.15, -0.1) is 0 Å². The van der Waals surface area contributed by atoms with Crippen LogP contribution in [-0.4, -0.2) is 6.21 Å². The Balaban J connectivity index is 3.49. The second kappa shape index (κ2) is 2.89. The standard InChI is InChI=1S/C8H8F2N2/c1-4-6(9)2-5(3-11)8(12)7(4)10/h2-3,11H,12H2,1H3. The van der Waals surface area contributed by atoms with Crippen LogP contribution in [0.15, 0.2) is 6.07 Å². The molecule has 3 N–H and O–H groups in total. The van der Waals surface area contributed by atoms with Crippen LogP contribution in [0.3, 0.4) is 0 Å².